The second kappa shape index (κ2) is 7.75. The summed E-state index contributed by atoms with van der Waals surface area (Å²) in [7, 11) is 0. The summed E-state index contributed by atoms with van der Waals surface area (Å²) in [6.45, 7) is 4.28. The summed E-state index contributed by atoms with van der Waals surface area (Å²) in [5, 5.41) is 10.2. The van der Waals surface area contributed by atoms with E-state index in [2.05, 4.69) is 11.8 Å². The highest BCUT2D eigenvalue weighted by Crippen LogP contribution is 2.24. The van der Waals surface area contributed by atoms with E-state index in [0.717, 1.165) is 13.1 Å². The number of hydrogen-bond acceptors (Lipinski definition) is 2. The maximum Gasteiger partial charge on any atom is 0.123 e. The first-order valence-electron chi connectivity index (χ1n) is 7.88. The van der Waals surface area contributed by atoms with Crippen LogP contribution in [-0.4, -0.2) is 29.1 Å². The summed E-state index contributed by atoms with van der Waals surface area (Å²) in [6, 6.07) is 6.98. The molecule has 1 fully saturated rings. The SMILES string of the molecule is CCCC1CCCCN1CCC(O)c1cccc(F)c1. The molecule has 1 aliphatic heterocycles. The largest absolute Gasteiger partial charge is 0.388 e. The molecule has 2 atom stereocenters. The fourth-order valence-electron chi connectivity index (χ4n) is 3.18. The molecule has 1 N–H and O–H groups in total. The molecule has 1 saturated heterocycles. The number of aliphatic hydroxyl groups excluding tert-OH is 1. The van der Waals surface area contributed by atoms with E-state index >= 15 is 0 Å². The van der Waals surface area contributed by atoms with Gasteiger partial charge in [-0.25, -0.2) is 4.39 Å². The van der Waals surface area contributed by atoms with Gasteiger partial charge in [-0.1, -0.05) is 31.9 Å². The molecule has 1 aromatic carbocycles. The third-order valence-electron chi connectivity index (χ3n) is 4.29. The normalized spacial score (nSPS) is 21.9. The average molecular weight is 279 g/mol. The van der Waals surface area contributed by atoms with Crippen LogP contribution in [-0.2, 0) is 0 Å². The van der Waals surface area contributed by atoms with E-state index in [9.17, 15) is 9.50 Å². The molecule has 0 saturated carbocycles. The first-order valence-corrected chi connectivity index (χ1v) is 7.88. The summed E-state index contributed by atoms with van der Waals surface area (Å²) in [4.78, 5) is 2.51. The van der Waals surface area contributed by atoms with Crippen LogP contribution in [0.4, 0.5) is 4.39 Å². The number of likely N-dealkylation sites (tertiary alicyclic amines) is 1. The maximum absolute atomic E-state index is 13.2. The van der Waals surface area contributed by atoms with Gasteiger partial charge < -0.3 is 10.0 Å². The van der Waals surface area contributed by atoms with Crippen LogP contribution in [0.3, 0.4) is 0 Å². The van der Waals surface area contributed by atoms with Gasteiger partial charge in [-0.3, -0.25) is 0 Å². The van der Waals surface area contributed by atoms with Crippen molar-refractivity contribution < 1.29 is 9.50 Å². The van der Waals surface area contributed by atoms with Gasteiger partial charge >= 0.3 is 0 Å². The second-order valence-corrected chi connectivity index (χ2v) is 5.83. The number of benzene rings is 1. The lowest BCUT2D eigenvalue weighted by Crippen LogP contribution is -2.40. The van der Waals surface area contributed by atoms with Crippen LogP contribution < -0.4 is 0 Å². The highest BCUT2D eigenvalue weighted by Gasteiger charge is 2.22. The van der Waals surface area contributed by atoms with Gasteiger partial charge in [0.15, 0.2) is 0 Å². The lowest BCUT2D eigenvalue weighted by Gasteiger charge is -2.36. The molecule has 0 spiro atoms. The Morgan fingerprint density at radius 1 is 1.40 bits per heavy atom. The monoisotopic (exact) mass is 279 g/mol. The van der Waals surface area contributed by atoms with Gasteiger partial charge in [-0.15, -0.1) is 0 Å². The Morgan fingerprint density at radius 3 is 3.00 bits per heavy atom. The molecule has 2 unspecified atom stereocenters. The fourth-order valence-corrected chi connectivity index (χ4v) is 3.18. The molecule has 2 nitrogen and oxygen atoms in total. The zero-order chi connectivity index (χ0) is 14.4. The molecule has 1 aromatic rings. The standard InChI is InChI=1S/C17H26FNO/c1-2-6-16-9-3-4-11-19(16)12-10-17(20)14-7-5-8-15(18)13-14/h5,7-8,13,16-17,20H,2-4,6,9-12H2,1H3. The van der Waals surface area contributed by atoms with Gasteiger partial charge in [0, 0.05) is 12.6 Å². The average Bonchev–Trinajstić information content (AvgIpc) is 2.46. The van der Waals surface area contributed by atoms with Gasteiger partial charge in [0.25, 0.3) is 0 Å². The smallest absolute Gasteiger partial charge is 0.123 e. The number of aliphatic hydroxyl groups is 1. The minimum absolute atomic E-state index is 0.275. The summed E-state index contributed by atoms with van der Waals surface area (Å²) in [6.07, 6.45) is 6.45. The molecule has 1 heterocycles. The Bertz CT molecular complexity index is 408. The van der Waals surface area contributed by atoms with E-state index in [1.165, 1.54) is 44.2 Å². The highest BCUT2D eigenvalue weighted by molar-refractivity contribution is 5.18. The van der Waals surface area contributed by atoms with Crippen molar-refractivity contribution in [3.8, 4) is 0 Å². The maximum atomic E-state index is 13.2. The van der Waals surface area contributed by atoms with Crippen molar-refractivity contribution in [2.75, 3.05) is 13.1 Å². The zero-order valence-corrected chi connectivity index (χ0v) is 12.4. The molecule has 0 amide bonds. The molecule has 2 rings (SSSR count). The topological polar surface area (TPSA) is 23.5 Å². The Labute approximate surface area is 121 Å². The van der Waals surface area contributed by atoms with Crippen molar-refractivity contribution in [2.45, 2.75) is 57.6 Å². The van der Waals surface area contributed by atoms with E-state index in [1.54, 1.807) is 12.1 Å². The number of nitrogens with zero attached hydrogens (tertiary/aromatic N) is 1. The molecule has 112 valence electrons. The Kier molecular flexibility index (Phi) is 5.99. The van der Waals surface area contributed by atoms with Crippen molar-refractivity contribution in [3.05, 3.63) is 35.6 Å². The van der Waals surface area contributed by atoms with Crippen LogP contribution >= 0.6 is 0 Å². The van der Waals surface area contributed by atoms with Gasteiger partial charge in [0.2, 0.25) is 0 Å². The number of halogens is 1. The van der Waals surface area contributed by atoms with Crippen LogP contribution in [0.2, 0.25) is 0 Å². The van der Waals surface area contributed by atoms with E-state index in [1.807, 2.05) is 0 Å². The molecular formula is C17H26FNO. The van der Waals surface area contributed by atoms with E-state index in [-0.39, 0.29) is 5.82 Å². The van der Waals surface area contributed by atoms with Crippen LogP contribution in [0.5, 0.6) is 0 Å². The molecule has 0 bridgehead atoms. The number of piperidine rings is 1. The minimum Gasteiger partial charge on any atom is -0.388 e. The number of rotatable bonds is 6. The molecule has 3 heteroatoms. The van der Waals surface area contributed by atoms with Crippen LogP contribution in [0.1, 0.15) is 57.1 Å². The van der Waals surface area contributed by atoms with Gasteiger partial charge in [0.05, 0.1) is 6.10 Å². The van der Waals surface area contributed by atoms with Crippen LogP contribution in [0, 0.1) is 5.82 Å². The van der Waals surface area contributed by atoms with E-state index in [0.29, 0.717) is 18.0 Å². The lowest BCUT2D eigenvalue weighted by molar-refractivity contribution is 0.0986. The third-order valence-corrected chi connectivity index (χ3v) is 4.29. The molecule has 0 radical (unpaired) electrons. The van der Waals surface area contributed by atoms with Crippen molar-refractivity contribution in [3.63, 3.8) is 0 Å². The summed E-state index contributed by atoms with van der Waals surface area (Å²) >= 11 is 0. The van der Waals surface area contributed by atoms with Crippen molar-refractivity contribution in [1.29, 1.82) is 0 Å². The molecule has 0 aromatic heterocycles. The van der Waals surface area contributed by atoms with Crippen molar-refractivity contribution >= 4 is 0 Å². The Balaban J connectivity index is 1.86. The quantitative estimate of drug-likeness (QED) is 0.853. The van der Waals surface area contributed by atoms with Gasteiger partial charge in [-0.05, 0) is 49.9 Å². The lowest BCUT2D eigenvalue weighted by atomic mass is 9.97. The Morgan fingerprint density at radius 2 is 2.25 bits per heavy atom. The summed E-state index contributed by atoms with van der Waals surface area (Å²) < 4.78 is 13.2. The predicted molar refractivity (Wildman–Crippen MR) is 80.1 cm³/mol. The van der Waals surface area contributed by atoms with Crippen LogP contribution in [0.15, 0.2) is 24.3 Å². The number of hydrogen-bond donors (Lipinski definition) is 1. The fraction of sp³-hybridized carbons (Fsp3) is 0.647. The highest BCUT2D eigenvalue weighted by atomic mass is 19.1. The first-order chi connectivity index (χ1) is 9.70. The molecule has 0 aliphatic carbocycles. The van der Waals surface area contributed by atoms with Gasteiger partial charge in [-0.2, -0.15) is 0 Å². The second-order valence-electron chi connectivity index (χ2n) is 5.83. The Hall–Kier alpha value is -0.930. The van der Waals surface area contributed by atoms with E-state index < -0.39 is 6.10 Å². The van der Waals surface area contributed by atoms with E-state index in [4.69, 9.17) is 0 Å². The first kappa shape index (κ1) is 15.5. The molecule has 1 aliphatic rings. The van der Waals surface area contributed by atoms with Crippen molar-refractivity contribution in [1.82, 2.24) is 4.90 Å². The predicted octanol–water partition coefficient (Wildman–Crippen LogP) is 3.90. The molecular weight excluding hydrogens is 253 g/mol. The minimum atomic E-state index is -0.560. The zero-order valence-electron chi connectivity index (χ0n) is 12.4. The summed E-state index contributed by atoms with van der Waals surface area (Å²) in [5.74, 6) is -0.275. The van der Waals surface area contributed by atoms with Gasteiger partial charge in [0.1, 0.15) is 5.82 Å². The van der Waals surface area contributed by atoms with Crippen LogP contribution in [0.25, 0.3) is 0 Å². The third kappa shape index (κ3) is 4.29. The molecule has 20 heavy (non-hydrogen) atoms. The summed E-state index contributed by atoms with van der Waals surface area (Å²) in [5.41, 5.74) is 0.689. The van der Waals surface area contributed by atoms with Crippen molar-refractivity contribution in [2.24, 2.45) is 0 Å².